The highest BCUT2D eigenvalue weighted by molar-refractivity contribution is 5.96. The predicted octanol–water partition coefficient (Wildman–Crippen LogP) is 23.7. The predicted molar refractivity (Wildman–Crippen MR) is 410 cm³/mol. The van der Waals surface area contributed by atoms with Crippen molar-refractivity contribution in [2.24, 2.45) is 0 Å². The molecular formula is C95H65N5. The molecule has 0 atom stereocenters. The molecule has 3 aliphatic carbocycles. The van der Waals surface area contributed by atoms with Gasteiger partial charge in [-0.2, -0.15) is 0 Å². The molecule has 3 aliphatic rings. The van der Waals surface area contributed by atoms with E-state index in [9.17, 15) is 0 Å². The van der Waals surface area contributed by atoms with Crippen molar-refractivity contribution in [3.05, 3.63) is 392 Å². The molecule has 0 amide bonds. The second-order valence-electron chi connectivity index (χ2n) is 26.7. The van der Waals surface area contributed by atoms with E-state index in [-0.39, 0.29) is 10.8 Å². The third-order valence-electron chi connectivity index (χ3n) is 20.6. The van der Waals surface area contributed by atoms with Gasteiger partial charge in [-0.15, -0.1) is 0 Å². The molecule has 0 fully saturated rings. The maximum Gasteiger partial charge on any atom is 0.160 e. The van der Waals surface area contributed by atoms with E-state index in [1.165, 1.54) is 100 Å². The quantitative estimate of drug-likeness (QED) is 0.137. The average Bonchev–Trinajstić information content (AvgIpc) is 1.51. The normalized spacial score (nSPS) is 12.9. The van der Waals surface area contributed by atoms with E-state index in [4.69, 9.17) is 19.9 Å². The first-order chi connectivity index (χ1) is 49.3. The maximum absolute atomic E-state index is 5.13. The minimum absolute atomic E-state index is 0.0113. The number of benzene rings is 13. The van der Waals surface area contributed by atoms with Crippen LogP contribution >= 0.6 is 0 Å². The lowest BCUT2D eigenvalue weighted by molar-refractivity contribution is 0.660. The monoisotopic (exact) mass is 1280 g/mol. The summed E-state index contributed by atoms with van der Waals surface area (Å²) in [5.41, 5.74) is 34.9. The standard InChI is InChI=1S/C52H33N3.C43H32N2/c1-2-11-36(12-3-1)49-32-50(55-51(54-49)38-26-22-35(23-27-38)40-13-10-30-53-33-40)37-24-20-34(21-25-37)39-28-29-48-44(31-39)43-16-6-9-19-47(43)52(48)45-17-7-4-14-41(45)42-15-5-8-18-46(42)52;1-43(2)38-16-10-9-15-36(38)37-27-35(25-26-39(37)43)31-17-21-33(22-18-31)41-28-40(32-13-7-4-8-14-32)44-42(45-41)34-23-19-30(20-24-34)29-11-5-3-6-12-29/h1-33H;3-28H,1-2H3. The number of fused-ring (bicyclic) bond motifs is 13. The second-order valence-corrected chi connectivity index (χ2v) is 26.7. The molecule has 3 heterocycles. The molecule has 3 aromatic heterocycles. The van der Waals surface area contributed by atoms with Crippen LogP contribution in [0.15, 0.2) is 358 Å². The van der Waals surface area contributed by atoms with Crippen LogP contribution < -0.4 is 0 Å². The van der Waals surface area contributed by atoms with Gasteiger partial charge >= 0.3 is 0 Å². The third kappa shape index (κ3) is 10.4. The van der Waals surface area contributed by atoms with E-state index in [2.05, 4.69) is 340 Å². The van der Waals surface area contributed by atoms with Crippen LogP contribution in [0.25, 0.3) is 146 Å². The maximum atomic E-state index is 5.13. The zero-order valence-electron chi connectivity index (χ0n) is 55.3. The van der Waals surface area contributed by atoms with Crippen molar-refractivity contribution in [3.8, 4) is 146 Å². The molecule has 0 bridgehead atoms. The molecule has 16 aromatic rings. The van der Waals surface area contributed by atoms with E-state index in [1.807, 2.05) is 30.5 Å². The van der Waals surface area contributed by atoms with Crippen molar-refractivity contribution in [1.82, 2.24) is 24.9 Å². The fourth-order valence-corrected chi connectivity index (χ4v) is 15.6. The number of hydrogen-bond acceptors (Lipinski definition) is 5. The van der Waals surface area contributed by atoms with Gasteiger partial charge in [0.25, 0.3) is 0 Å². The van der Waals surface area contributed by atoms with Gasteiger partial charge in [-0.1, -0.05) is 329 Å². The number of pyridine rings is 1. The summed E-state index contributed by atoms with van der Waals surface area (Å²) in [7, 11) is 0. The summed E-state index contributed by atoms with van der Waals surface area (Å²) in [6.45, 7) is 4.65. The van der Waals surface area contributed by atoms with E-state index in [1.54, 1.807) is 6.20 Å². The fraction of sp³-hybridized carbons (Fsp3) is 0.0421. The Bertz CT molecular complexity index is 5710. The van der Waals surface area contributed by atoms with Gasteiger partial charge in [0.05, 0.1) is 28.2 Å². The van der Waals surface area contributed by atoms with Crippen LogP contribution in [-0.4, -0.2) is 24.9 Å². The van der Waals surface area contributed by atoms with Crippen LogP contribution in [-0.2, 0) is 10.8 Å². The topological polar surface area (TPSA) is 64.5 Å². The number of aromatic nitrogens is 5. The zero-order chi connectivity index (χ0) is 66.7. The Hall–Kier alpha value is -12.8. The molecule has 100 heavy (non-hydrogen) atoms. The van der Waals surface area contributed by atoms with Crippen LogP contribution in [0.4, 0.5) is 0 Å². The molecule has 5 heteroatoms. The highest BCUT2D eigenvalue weighted by Gasteiger charge is 2.51. The first-order valence-electron chi connectivity index (χ1n) is 34.3. The van der Waals surface area contributed by atoms with Gasteiger partial charge in [0.2, 0.25) is 0 Å². The zero-order valence-corrected chi connectivity index (χ0v) is 55.3. The number of hydrogen-bond donors (Lipinski definition) is 0. The largest absolute Gasteiger partial charge is 0.264 e. The molecule has 0 saturated carbocycles. The van der Waals surface area contributed by atoms with E-state index in [0.717, 1.165) is 73.1 Å². The van der Waals surface area contributed by atoms with Crippen molar-refractivity contribution in [2.45, 2.75) is 24.7 Å². The molecule has 13 aromatic carbocycles. The average molecular weight is 1280 g/mol. The van der Waals surface area contributed by atoms with E-state index < -0.39 is 0 Å². The van der Waals surface area contributed by atoms with E-state index in [0.29, 0.717) is 5.82 Å². The Kier molecular flexibility index (Phi) is 14.7. The van der Waals surface area contributed by atoms with Crippen molar-refractivity contribution >= 4 is 0 Å². The van der Waals surface area contributed by atoms with Crippen LogP contribution in [0.5, 0.6) is 0 Å². The van der Waals surface area contributed by atoms with Crippen molar-refractivity contribution in [3.63, 3.8) is 0 Å². The summed E-state index contributed by atoms with van der Waals surface area (Å²) in [6, 6.07) is 124. The highest BCUT2D eigenvalue weighted by Crippen LogP contribution is 2.63. The fourth-order valence-electron chi connectivity index (χ4n) is 15.6. The minimum atomic E-state index is -0.332. The summed E-state index contributed by atoms with van der Waals surface area (Å²) in [5.74, 6) is 1.41. The van der Waals surface area contributed by atoms with Gasteiger partial charge < -0.3 is 0 Å². The SMILES string of the molecule is CC1(C)c2ccccc2-c2cc(-c3ccc(-c4cc(-c5ccccc5)nc(-c5ccc(-c6ccccc6)cc5)n4)cc3)ccc21.c1ccc(-c2cc(-c3ccc(-c4ccc5c(c4)-c4ccccc4C54c5ccccc5-c5ccccc54)cc3)nc(-c3ccc(-c4cccnc4)cc3)n2)cc1. The Morgan fingerprint density at radius 1 is 0.200 bits per heavy atom. The van der Waals surface area contributed by atoms with Crippen molar-refractivity contribution in [2.75, 3.05) is 0 Å². The van der Waals surface area contributed by atoms with Crippen LogP contribution in [0, 0.1) is 0 Å². The Morgan fingerprint density at radius 3 is 0.900 bits per heavy atom. The molecule has 0 saturated heterocycles. The summed E-state index contributed by atoms with van der Waals surface area (Å²) in [4.78, 5) is 24.6. The van der Waals surface area contributed by atoms with Crippen molar-refractivity contribution in [1.29, 1.82) is 0 Å². The first kappa shape index (κ1) is 59.6. The molecule has 0 N–H and O–H groups in total. The Morgan fingerprint density at radius 2 is 0.470 bits per heavy atom. The molecule has 470 valence electrons. The van der Waals surface area contributed by atoms with Crippen LogP contribution in [0.2, 0.25) is 0 Å². The summed E-state index contributed by atoms with van der Waals surface area (Å²) >= 11 is 0. The molecule has 0 aliphatic heterocycles. The third-order valence-corrected chi connectivity index (χ3v) is 20.6. The molecule has 19 rings (SSSR count). The summed E-state index contributed by atoms with van der Waals surface area (Å²) < 4.78 is 0. The lowest BCUT2D eigenvalue weighted by atomic mass is 9.70. The first-order valence-corrected chi connectivity index (χ1v) is 34.3. The molecular weight excluding hydrogens is 1210 g/mol. The Labute approximate surface area is 583 Å². The number of nitrogens with zero attached hydrogens (tertiary/aromatic N) is 5. The lowest BCUT2D eigenvalue weighted by Gasteiger charge is -2.30. The van der Waals surface area contributed by atoms with Crippen LogP contribution in [0.1, 0.15) is 47.2 Å². The highest BCUT2D eigenvalue weighted by atomic mass is 14.9. The van der Waals surface area contributed by atoms with E-state index >= 15 is 0 Å². The second kappa shape index (κ2) is 24.7. The van der Waals surface area contributed by atoms with Gasteiger partial charge in [-0.3, -0.25) is 4.98 Å². The summed E-state index contributed by atoms with van der Waals surface area (Å²) in [5, 5.41) is 0. The molecule has 1 spiro atoms. The molecule has 0 unspecified atom stereocenters. The lowest BCUT2D eigenvalue weighted by Crippen LogP contribution is -2.25. The van der Waals surface area contributed by atoms with Crippen LogP contribution in [0.3, 0.4) is 0 Å². The van der Waals surface area contributed by atoms with Gasteiger partial charge in [0.15, 0.2) is 11.6 Å². The van der Waals surface area contributed by atoms with Gasteiger partial charge in [-0.25, -0.2) is 19.9 Å². The van der Waals surface area contributed by atoms with Crippen molar-refractivity contribution < 1.29 is 0 Å². The van der Waals surface area contributed by atoms with Gasteiger partial charge in [0.1, 0.15) is 0 Å². The molecule has 5 nitrogen and oxygen atoms in total. The summed E-state index contributed by atoms with van der Waals surface area (Å²) in [6.07, 6.45) is 3.68. The van der Waals surface area contributed by atoms with Gasteiger partial charge in [-0.05, 0) is 142 Å². The smallest absolute Gasteiger partial charge is 0.160 e. The van der Waals surface area contributed by atoms with Gasteiger partial charge in [0, 0.05) is 51.2 Å². The Balaban J connectivity index is 0.000000147. The molecule has 0 radical (unpaired) electrons. The number of rotatable bonds is 10. The minimum Gasteiger partial charge on any atom is -0.264 e.